The van der Waals surface area contributed by atoms with Gasteiger partial charge in [0, 0.05) is 17.6 Å². The van der Waals surface area contributed by atoms with Crippen LogP contribution in [-0.2, 0) is 6.42 Å². The van der Waals surface area contributed by atoms with Gasteiger partial charge < -0.3 is 15.4 Å². The summed E-state index contributed by atoms with van der Waals surface area (Å²) in [5.74, 6) is 0.831. The van der Waals surface area contributed by atoms with Gasteiger partial charge in [0.05, 0.1) is 6.10 Å². The molecule has 0 radical (unpaired) electrons. The Bertz CT molecular complexity index is 922. The molecule has 0 aliphatic heterocycles. The molecule has 0 spiro atoms. The molecule has 6 heteroatoms. The topological polar surface area (TPSA) is 76.1 Å². The van der Waals surface area contributed by atoms with Crippen molar-refractivity contribution in [3.05, 3.63) is 72.1 Å². The molecule has 0 saturated carbocycles. The number of hydrogen-bond acceptors (Lipinski definition) is 5. The highest BCUT2D eigenvalue weighted by Gasteiger charge is 2.10. The maximum absolute atomic E-state index is 12.5. The van der Waals surface area contributed by atoms with E-state index in [1.807, 2.05) is 50.2 Å². The number of ether oxygens (including phenoxy) is 1. The Morgan fingerprint density at radius 2 is 1.68 bits per heavy atom. The number of amides is 1. The summed E-state index contributed by atoms with van der Waals surface area (Å²) in [6.45, 7) is 6.04. The number of aromatic nitrogens is 2. The van der Waals surface area contributed by atoms with Gasteiger partial charge in [0.15, 0.2) is 0 Å². The number of aryl methyl sites for hydroxylation is 1. The molecule has 0 unspecified atom stereocenters. The van der Waals surface area contributed by atoms with Gasteiger partial charge in [-0.1, -0.05) is 19.1 Å². The molecule has 2 N–H and O–H groups in total. The second-order valence-corrected chi connectivity index (χ2v) is 6.59. The number of anilines is 3. The van der Waals surface area contributed by atoms with Crippen LogP contribution < -0.4 is 15.4 Å². The summed E-state index contributed by atoms with van der Waals surface area (Å²) in [5, 5.41) is 5.95. The standard InChI is InChI=1S/C22H24N4O2/c1-4-16-5-7-18(8-6-16)25-22-23-14-13-20(26-22)21(27)24-17-9-11-19(12-10-17)28-15(2)3/h5-15H,4H2,1-3H3,(H,24,27)(H,23,25,26). The van der Waals surface area contributed by atoms with E-state index < -0.39 is 0 Å². The van der Waals surface area contributed by atoms with Gasteiger partial charge in [-0.05, 0) is 68.3 Å². The van der Waals surface area contributed by atoms with E-state index in [2.05, 4.69) is 27.5 Å². The molecular formula is C22H24N4O2. The lowest BCUT2D eigenvalue weighted by atomic mass is 10.1. The lowest BCUT2D eigenvalue weighted by Crippen LogP contribution is -2.14. The van der Waals surface area contributed by atoms with Gasteiger partial charge in [-0.2, -0.15) is 0 Å². The lowest BCUT2D eigenvalue weighted by molar-refractivity contribution is 0.102. The molecule has 28 heavy (non-hydrogen) atoms. The summed E-state index contributed by atoms with van der Waals surface area (Å²) in [4.78, 5) is 21.0. The predicted octanol–water partition coefficient (Wildman–Crippen LogP) is 4.82. The molecule has 3 aromatic rings. The fourth-order valence-corrected chi connectivity index (χ4v) is 2.58. The first kappa shape index (κ1) is 19.4. The van der Waals surface area contributed by atoms with Crippen molar-refractivity contribution in [1.29, 1.82) is 0 Å². The quantitative estimate of drug-likeness (QED) is 0.618. The van der Waals surface area contributed by atoms with Crippen molar-refractivity contribution in [2.45, 2.75) is 33.3 Å². The van der Waals surface area contributed by atoms with E-state index in [0.717, 1.165) is 17.9 Å². The zero-order valence-electron chi connectivity index (χ0n) is 16.3. The Labute approximate surface area is 165 Å². The molecule has 0 atom stereocenters. The minimum atomic E-state index is -0.302. The van der Waals surface area contributed by atoms with E-state index in [0.29, 0.717) is 11.6 Å². The molecule has 0 bridgehead atoms. The maximum Gasteiger partial charge on any atom is 0.274 e. The number of benzene rings is 2. The smallest absolute Gasteiger partial charge is 0.274 e. The van der Waals surface area contributed by atoms with E-state index in [1.54, 1.807) is 24.4 Å². The van der Waals surface area contributed by atoms with Crippen LogP contribution in [0.5, 0.6) is 5.75 Å². The van der Waals surface area contributed by atoms with Crippen molar-refractivity contribution in [2.24, 2.45) is 0 Å². The van der Waals surface area contributed by atoms with E-state index >= 15 is 0 Å². The maximum atomic E-state index is 12.5. The number of carbonyl (C=O) groups is 1. The Kier molecular flexibility index (Phi) is 6.22. The molecule has 1 aromatic heterocycles. The van der Waals surface area contributed by atoms with Crippen LogP contribution in [0.15, 0.2) is 60.8 Å². The van der Waals surface area contributed by atoms with Crippen molar-refractivity contribution < 1.29 is 9.53 Å². The number of nitrogens with zero attached hydrogens (tertiary/aromatic N) is 2. The summed E-state index contributed by atoms with van der Waals surface area (Å²) in [6, 6.07) is 16.8. The van der Waals surface area contributed by atoms with Crippen LogP contribution >= 0.6 is 0 Å². The Hall–Kier alpha value is -3.41. The van der Waals surface area contributed by atoms with Gasteiger partial charge in [-0.25, -0.2) is 9.97 Å². The number of hydrogen-bond donors (Lipinski definition) is 2. The second kappa shape index (κ2) is 8.99. The zero-order chi connectivity index (χ0) is 19.9. The largest absolute Gasteiger partial charge is 0.491 e. The van der Waals surface area contributed by atoms with Crippen molar-refractivity contribution in [1.82, 2.24) is 9.97 Å². The first-order valence-electron chi connectivity index (χ1n) is 9.30. The molecule has 0 aliphatic rings. The monoisotopic (exact) mass is 376 g/mol. The van der Waals surface area contributed by atoms with Crippen LogP contribution in [0.3, 0.4) is 0 Å². The third kappa shape index (κ3) is 5.30. The van der Waals surface area contributed by atoms with Gasteiger partial charge in [0.1, 0.15) is 11.4 Å². The number of rotatable bonds is 7. The third-order valence-electron chi connectivity index (χ3n) is 3.99. The van der Waals surface area contributed by atoms with Crippen molar-refractivity contribution in [3.63, 3.8) is 0 Å². The lowest BCUT2D eigenvalue weighted by Gasteiger charge is -2.11. The first-order chi connectivity index (χ1) is 13.5. The average molecular weight is 376 g/mol. The Morgan fingerprint density at radius 3 is 2.32 bits per heavy atom. The minimum absolute atomic E-state index is 0.102. The second-order valence-electron chi connectivity index (χ2n) is 6.59. The summed E-state index contributed by atoms with van der Waals surface area (Å²) >= 11 is 0. The highest BCUT2D eigenvalue weighted by Crippen LogP contribution is 2.18. The summed E-state index contributed by atoms with van der Waals surface area (Å²) < 4.78 is 5.60. The van der Waals surface area contributed by atoms with Gasteiger partial charge in [0.25, 0.3) is 5.91 Å². The molecule has 0 fully saturated rings. The van der Waals surface area contributed by atoms with Gasteiger partial charge in [-0.3, -0.25) is 4.79 Å². The van der Waals surface area contributed by atoms with Gasteiger partial charge >= 0.3 is 0 Å². The third-order valence-corrected chi connectivity index (χ3v) is 3.99. The Morgan fingerprint density at radius 1 is 1.00 bits per heavy atom. The van der Waals surface area contributed by atoms with Crippen LogP contribution in [0.4, 0.5) is 17.3 Å². The molecule has 0 aliphatic carbocycles. The van der Waals surface area contributed by atoms with Crippen molar-refractivity contribution >= 4 is 23.2 Å². The van der Waals surface area contributed by atoms with Gasteiger partial charge in [-0.15, -0.1) is 0 Å². The minimum Gasteiger partial charge on any atom is -0.491 e. The van der Waals surface area contributed by atoms with E-state index in [9.17, 15) is 4.79 Å². The van der Waals surface area contributed by atoms with Crippen molar-refractivity contribution in [3.8, 4) is 5.75 Å². The molecule has 2 aromatic carbocycles. The predicted molar refractivity (Wildman–Crippen MR) is 111 cm³/mol. The van der Waals surface area contributed by atoms with Crippen LogP contribution in [0.25, 0.3) is 0 Å². The molecule has 1 amide bonds. The van der Waals surface area contributed by atoms with E-state index in [-0.39, 0.29) is 17.7 Å². The number of nitrogens with one attached hydrogen (secondary N) is 2. The van der Waals surface area contributed by atoms with E-state index in [1.165, 1.54) is 5.56 Å². The molecular weight excluding hydrogens is 352 g/mol. The average Bonchev–Trinajstić information content (AvgIpc) is 2.70. The molecule has 144 valence electrons. The van der Waals surface area contributed by atoms with Crippen LogP contribution in [0, 0.1) is 0 Å². The first-order valence-corrected chi connectivity index (χ1v) is 9.30. The summed E-state index contributed by atoms with van der Waals surface area (Å²) in [6.07, 6.45) is 2.65. The highest BCUT2D eigenvalue weighted by molar-refractivity contribution is 6.03. The van der Waals surface area contributed by atoms with Gasteiger partial charge in [0.2, 0.25) is 5.95 Å². The molecule has 0 saturated heterocycles. The molecule has 6 nitrogen and oxygen atoms in total. The summed E-state index contributed by atoms with van der Waals surface area (Å²) in [7, 11) is 0. The van der Waals surface area contributed by atoms with Crippen LogP contribution in [0.2, 0.25) is 0 Å². The Balaban J connectivity index is 1.66. The molecule has 3 rings (SSSR count). The van der Waals surface area contributed by atoms with Crippen molar-refractivity contribution in [2.75, 3.05) is 10.6 Å². The highest BCUT2D eigenvalue weighted by atomic mass is 16.5. The fourth-order valence-electron chi connectivity index (χ4n) is 2.58. The number of carbonyl (C=O) groups excluding carboxylic acids is 1. The zero-order valence-corrected chi connectivity index (χ0v) is 16.3. The van der Waals surface area contributed by atoms with Crippen LogP contribution in [-0.4, -0.2) is 22.0 Å². The summed E-state index contributed by atoms with van der Waals surface area (Å²) in [5.41, 5.74) is 3.08. The molecule has 1 heterocycles. The SMILES string of the molecule is CCc1ccc(Nc2nccc(C(=O)Nc3ccc(OC(C)C)cc3)n2)cc1. The van der Waals surface area contributed by atoms with Crippen LogP contribution in [0.1, 0.15) is 36.8 Å². The normalized spacial score (nSPS) is 10.6. The van der Waals surface area contributed by atoms with E-state index in [4.69, 9.17) is 4.74 Å². The fraction of sp³-hybridized carbons (Fsp3) is 0.227.